The summed E-state index contributed by atoms with van der Waals surface area (Å²) in [6.07, 6.45) is 0. The van der Waals surface area contributed by atoms with E-state index in [0.717, 1.165) is 33.5 Å². The zero-order valence-electron chi connectivity index (χ0n) is 38.7. The third-order valence-electron chi connectivity index (χ3n) is 9.14. The van der Waals surface area contributed by atoms with Crippen LogP contribution >= 0.6 is 47.4 Å². The molecule has 0 unspecified atom stereocenters. The Balaban J connectivity index is 1.64. The second kappa shape index (κ2) is 15.4. The number of nitrogens with zero attached hydrogens (tertiary/aromatic N) is 6. The first kappa shape index (κ1) is 45.1. The van der Waals surface area contributed by atoms with Crippen molar-refractivity contribution in [2.45, 2.75) is 158 Å². The third-order valence-corrected chi connectivity index (χ3v) is 28.0. The monoisotopic (exact) mass is 936 g/mol. The topological polar surface area (TPSA) is 108 Å². The van der Waals surface area contributed by atoms with Crippen LogP contribution in [0.4, 0.5) is 0 Å². The highest BCUT2D eigenvalue weighted by atomic mass is 31.2. The van der Waals surface area contributed by atoms with Crippen molar-refractivity contribution in [1.82, 2.24) is 24.6 Å². The normalized spacial score (nSPS) is 15.3. The van der Waals surface area contributed by atoms with Gasteiger partial charge in [-0.25, -0.2) is 24.6 Å². The predicted octanol–water partition coefficient (Wildman–Crippen LogP) is 18.0. The van der Waals surface area contributed by atoms with E-state index >= 15 is 0 Å². The number of benzene rings is 3. The summed E-state index contributed by atoms with van der Waals surface area (Å²) in [7, 11) is -7.15. The van der Waals surface area contributed by atoms with Crippen molar-refractivity contribution in [3.05, 3.63) is 72.8 Å². The zero-order chi connectivity index (χ0) is 44.1. The largest absolute Gasteiger partial charge is 0.417 e. The van der Waals surface area contributed by atoms with Gasteiger partial charge >= 0.3 is 0 Å². The lowest BCUT2D eigenvalue weighted by atomic mass is 10.1. The quantitative estimate of drug-likeness (QED) is 0.150. The summed E-state index contributed by atoms with van der Waals surface area (Å²) in [5.74, 6) is 0. The van der Waals surface area contributed by atoms with Gasteiger partial charge in [-0.3, -0.25) is 0 Å². The molecule has 0 amide bonds. The van der Waals surface area contributed by atoms with Crippen LogP contribution < -0.4 is 0 Å². The summed E-state index contributed by atoms with van der Waals surface area (Å²) >= 11 is 0. The van der Waals surface area contributed by atoms with Gasteiger partial charge in [0.2, 0.25) is 47.4 Å². The smallest absolute Gasteiger partial charge is 0.249 e. The van der Waals surface area contributed by atoms with Crippen molar-refractivity contribution in [1.29, 1.82) is 0 Å². The maximum Gasteiger partial charge on any atom is 0.249 e. The minimum atomic E-state index is -1.19. The summed E-state index contributed by atoms with van der Waals surface area (Å²) in [5, 5.41) is 0. The Hall–Kier alpha value is -2.94. The molecule has 0 radical (unpaired) electrons. The minimum Gasteiger partial charge on any atom is -0.417 e. The highest BCUT2D eigenvalue weighted by molar-refractivity contribution is 7.56. The third kappa shape index (κ3) is 8.82. The molecule has 19 heterocycles. The van der Waals surface area contributed by atoms with Crippen molar-refractivity contribution in [3.63, 3.8) is 0 Å². The maximum atomic E-state index is 6.93. The molecular formula is C42H66N6O6P6. The fourth-order valence-electron chi connectivity index (χ4n) is 6.57. The predicted molar refractivity (Wildman–Crippen MR) is 258 cm³/mol. The van der Waals surface area contributed by atoms with E-state index in [1.807, 2.05) is 72.8 Å². The Morgan fingerprint density at radius 2 is 0.333 bits per heavy atom. The Kier molecular flexibility index (Phi) is 11.6. The Morgan fingerprint density at radius 3 is 0.417 bits per heavy atom. The summed E-state index contributed by atoms with van der Waals surface area (Å²) in [6.45, 7) is 40.2. The standard InChI is InChI=1S/C42H66N6O6P6/c1-37(2,3)43-55-44(38(4,5)6)56(43)50-32-21-25-34(26-22-32)52-58-47(41(13,14)15)60(48(58)42(16,17)18)54-36-29-27-35(28-30-36)53-59-45(39(7,8)9)57(46(59)40(10,11)12)51-33-23-19-31(49-55)20-24-33/h19-30H,1-18H3. The lowest BCUT2D eigenvalue weighted by molar-refractivity contribution is 0.389. The van der Waals surface area contributed by atoms with E-state index in [1.54, 1.807) is 0 Å². The second-order valence-corrected chi connectivity index (χ2v) is 32.1. The second-order valence-electron chi connectivity index (χ2n) is 21.2. The molecule has 0 N–H and O–H groups in total. The number of hydrogen-bond acceptors (Lipinski definition) is 6. The highest BCUT2D eigenvalue weighted by Gasteiger charge is 2.35. The van der Waals surface area contributed by atoms with Gasteiger partial charge in [0.15, 0.2) is 0 Å². The molecule has 0 saturated carbocycles. The van der Waals surface area contributed by atoms with Gasteiger partial charge in [0, 0.05) is 0 Å². The molecule has 0 aliphatic rings. The van der Waals surface area contributed by atoms with E-state index < -0.39 is 47.4 Å². The molecule has 0 fully saturated rings. The van der Waals surface area contributed by atoms with E-state index in [0.29, 0.717) is 0 Å². The fraction of sp³-hybridized carbons (Fsp3) is 0.571. The van der Waals surface area contributed by atoms with Crippen LogP contribution in [0, 0.1) is 0 Å². The number of rotatable bonds is 0. The molecular weight excluding hydrogens is 870 g/mol. The van der Waals surface area contributed by atoms with E-state index in [9.17, 15) is 0 Å². The molecule has 0 saturated heterocycles. The maximum absolute atomic E-state index is 6.93. The van der Waals surface area contributed by atoms with Gasteiger partial charge in [-0.1, -0.05) is 0 Å². The first-order valence-corrected chi connectivity index (χ1v) is 27.5. The zero-order valence-corrected chi connectivity index (χ0v) is 44.1. The van der Waals surface area contributed by atoms with Crippen LogP contribution in [0.2, 0.25) is 0 Å². The molecule has 0 aliphatic carbocycles. The summed E-state index contributed by atoms with van der Waals surface area (Å²) in [6, 6.07) is 24.4. The molecule has 330 valence electrons. The van der Waals surface area contributed by atoms with Crippen molar-refractivity contribution in [2.24, 2.45) is 0 Å². The van der Waals surface area contributed by atoms with Crippen LogP contribution in [0.3, 0.4) is 0 Å². The van der Waals surface area contributed by atoms with Crippen molar-refractivity contribution in [2.75, 3.05) is 0 Å². The molecule has 0 spiro atoms. The Bertz CT molecular complexity index is 2380. The first-order valence-electron chi connectivity index (χ1n) is 20.5. The van der Waals surface area contributed by atoms with Gasteiger partial charge in [-0.2, -0.15) is 0 Å². The lowest BCUT2D eigenvalue weighted by Gasteiger charge is -2.35. The van der Waals surface area contributed by atoms with E-state index in [4.69, 9.17) is 25.2 Å². The molecule has 18 heteroatoms. The summed E-state index contributed by atoms with van der Waals surface area (Å²) in [4.78, 5) is 0. The number of hydrogen-bond donors (Lipinski definition) is 0. The first-order chi connectivity index (χ1) is 27.5. The van der Waals surface area contributed by atoms with Crippen molar-refractivity contribution >= 4 is 80.9 Å². The van der Waals surface area contributed by atoms with E-state index in [1.165, 1.54) is 0 Å². The van der Waals surface area contributed by atoms with Crippen molar-refractivity contribution in [3.8, 4) is 0 Å². The fourth-order valence-corrected chi connectivity index (χ4v) is 22.3. The van der Waals surface area contributed by atoms with Crippen LogP contribution in [0.5, 0.6) is 0 Å². The van der Waals surface area contributed by atoms with Gasteiger partial charge in [0.05, 0.1) is 33.2 Å². The molecule has 60 heavy (non-hydrogen) atoms. The average molecular weight is 937 g/mol. The summed E-state index contributed by atoms with van der Waals surface area (Å²) in [5.41, 5.74) is 3.47. The molecule has 0 atom stereocenters. The van der Waals surface area contributed by atoms with E-state index in [2.05, 4.69) is 149 Å². The molecule has 12 nitrogen and oxygen atoms in total. The Labute approximate surface area is 359 Å². The molecule has 3 aromatic carbocycles. The van der Waals surface area contributed by atoms with Crippen molar-refractivity contribution < 1.29 is 25.2 Å². The molecule has 0 aliphatic heterocycles. The highest BCUT2D eigenvalue weighted by Crippen LogP contribution is 2.54. The number of aromatic nitrogens is 6. The van der Waals surface area contributed by atoms with Gasteiger partial charge in [-0.15, -0.1) is 0 Å². The van der Waals surface area contributed by atoms with Crippen LogP contribution in [0.15, 0.2) is 98.0 Å². The minimum absolute atomic E-state index is 0.214. The van der Waals surface area contributed by atoms with Crippen LogP contribution in [-0.2, 0) is 33.2 Å². The average Bonchev–Trinajstić information content (AvgIpc) is 3.04. The lowest BCUT2D eigenvalue weighted by Crippen LogP contribution is -2.29. The molecule has 22 rings (SSSR count). The van der Waals surface area contributed by atoms with Crippen LogP contribution in [0.25, 0.3) is 33.5 Å². The van der Waals surface area contributed by atoms with Crippen LogP contribution in [-0.4, -0.2) is 24.6 Å². The molecule has 19 aromatic heterocycles. The molecule has 22 aromatic rings. The molecule has 12 bridgehead atoms. The van der Waals surface area contributed by atoms with Gasteiger partial charge in [0.25, 0.3) is 0 Å². The van der Waals surface area contributed by atoms with E-state index in [-0.39, 0.29) is 33.2 Å². The van der Waals surface area contributed by atoms with Crippen LogP contribution in [0.1, 0.15) is 125 Å². The van der Waals surface area contributed by atoms with Gasteiger partial charge in [0.1, 0.15) is 33.5 Å². The van der Waals surface area contributed by atoms with Gasteiger partial charge in [-0.05, 0) is 197 Å². The SMILES string of the molecule is CC(C)(C)n1p2oc3ccc(cc3)op3n(C(C)(C)C)p(oc4ccc(cc4)op4n(C(C)(C)C)p(oc5ccc(cc5)op1n2C(C)(C)C)n4C(C)(C)C)n3C(C)(C)C. The van der Waals surface area contributed by atoms with Gasteiger partial charge < -0.3 is 25.2 Å². The summed E-state index contributed by atoms with van der Waals surface area (Å²) < 4.78 is 56.1. The Morgan fingerprint density at radius 1 is 0.233 bits per heavy atom.